The number of epoxide rings is 2. The van der Waals surface area contributed by atoms with Gasteiger partial charge in [-0.15, -0.1) is 0 Å². The van der Waals surface area contributed by atoms with Gasteiger partial charge in [0.1, 0.15) is 42.1 Å². The number of aromatic nitrogens is 1. The zero-order valence-electron chi connectivity index (χ0n) is 34.0. The second-order valence-corrected chi connectivity index (χ2v) is 17.2. The van der Waals surface area contributed by atoms with Gasteiger partial charge < -0.3 is 50.4 Å². The Balaban J connectivity index is 1.16. The van der Waals surface area contributed by atoms with E-state index >= 15 is 0 Å². The number of esters is 1. The number of ether oxygens (including phenoxy) is 5. The third-order valence-electron chi connectivity index (χ3n) is 11.4. The van der Waals surface area contributed by atoms with Crippen molar-refractivity contribution in [2.75, 3.05) is 32.3 Å². The number of para-hydroxylation sites is 1. The molecule has 2 aliphatic heterocycles. The summed E-state index contributed by atoms with van der Waals surface area (Å²) in [6, 6.07) is 4.23. The van der Waals surface area contributed by atoms with Gasteiger partial charge in [-0.1, -0.05) is 43.7 Å². The molecule has 1 saturated carbocycles. The number of aromatic amines is 1. The highest BCUT2D eigenvalue weighted by atomic mass is 32.2. The molecule has 310 valence electrons. The maximum Gasteiger partial charge on any atom is 0.407 e. The maximum absolute atomic E-state index is 13.6. The van der Waals surface area contributed by atoms with Crippen molar-refractivity contribution in [1.29, 1.82) is 0 Å². The standard InChI is InChI=1S/C41H61N5O9S/c1-23(2)13-14-33-40(6,55-33)35-34(51-7)32(15-17-41(35)22-53-41)54-39(50)46-31(24(3)4)21-52-38(49)25(5)44-37(48)30(45-36(47)28(42)16-18-56-8)19-26-20-43-29-12-10-9-11-27(26)29/h9-13,20,24-25,28,30-35,43H,14-19,21-22,42H2,1-8H3,(H,44,48)(H,45,47)(H,46,50)/t25-,28-,30-,31-,32+,33+,34+,35+,40-,41-/m0/s1. The summed E-state index contributed by atoms with van der Waals surface area (Å²) in [4.78, 5) is 56.5. The number of hydrogen-bond donors (Lipinski definition) is 5. The van der Waals surface area contributed by atoms with Crippen molar-refractivity contribution < 1.29 is 42.9 Å². The Hall–Kier alpha value is -3.63. The number of rotatable bonds is 19. The van der Waals surface area contributed by atoms with E-state index in [1.807, 2.05) is 44.4 Å². The molecule has 10 atom stereocenters. The van der Waals surface area contributed by atoms with Crippen molar-refractivity contribution in [3.05, 3.63) is 47.7 Å². The molecule has 5 rings (SSSR count). The van der Waals surface area contributed by atoms with Crippen molar-refractivity contribution in [2.24, 2.45) is 17.6 Å². The number of hydrogen-bond acceptors (Lipinski definition) is 11. The Kier molecular flexibility index (Phi) is 14.6. The van der Waals surface area contributed by atoms with E-state index in [-0.39, 0.29) is 36.6 Å². The molecule has 0 radical (unpaired) electrons. The molecule has 14 nitrogen and oxygen atoms in total. The van der Waals surface area contributed by atoms with E-state index in [1.54, 1.807) is 25.1 Å². The van der Waals surface area contributed by atoms with Gasteiger partial charge in [0, 0.05) is 30.6 Å². The highest BCUT2D eigenvalue weighted by molar-refractivity contribution is 7.98. The number of fused-ring (bicyclic) bond motifs is 1. The second-order valence-electron chi connectivity index (χ2n) is 16.2. The lowest BCUT2D eigenvalue weighted by Crippen LogP contribution is -2.56. The highest BCUT2D eigenvalue weighted by Gasteiger charge is 2.72. The average molecular weight is 800 g/mol. The lowest BCUT2D eigenvalue weighted by atomic mass is 9.68. The summed E-state index contributed by atoms with van der Waals surface area (Å²) in [7, 11) is 1.63. The van der Waals surface area contributed by atoms with Crippen LogP contribution in [0.1, 0.15) is 72.8 Å². The van der Waals surface area contributed by atoms with Gasteiger partial charge >= 0.3 is 12.1 Å². The second kappa shape index (κ2) is 18.8. The van der Waals surface area contributed by atoms with E-state index in [1.165, 1.54) is 12.5 Å². The zero-order valence-corrected chi connectivity index (χ0v) is 34.8. The molecule has 3 aliphatic rings. The van der Waals surface area contributed by atoms with Crippen LogP contribution in [0.15, 0.2) is 42.1 Å². The van der Waals surface area contributed by atoms with Crippen molar-refractivity contribution in [1.82, 2.24) is 20.9 Å². The van der Waals surface area contributed by atoms with Gasteiger partial charge in [0.25, 0.3) is 0 Å². The SMILES string of the molecule is CO[C@@H]1[C@H](OC(=O)N[C@@H](COC(=O)[C@H](C)NC(=O)[C@H](Cc2c[nH]c3ccccc23)NC(=O)[C@@H](N)CCSC)C(C)C)CC[C@]2(CO2)[C@H]1[C@@]1(C)O[C@@H]1CC=C(C)C. The molecular formula is C41H61N5O9S. The number of H-pyrrole nitrogens is 1. The third kappa shape index (κ3) is 10.5. The molecule has 1 aliphatic carbocycles. The van der Waals surface area contributed by atoms with E-state index in [4.69, 9.17) is 29.4 Å². The number of carbonyl (C=O) groups excluding carboxylic acids is 4. The van der Waals surface area contributed by atoms with Crippen LogP contribution in [-0.2, 0) is 44.5 Å². The van der Waals surface area contributed by atoms with Gasteiger partial charge in [-0.3, -0.25) is 9.59 Å². The van der Waals surface area contributed by atoms with E-state index in [0.717, 1.165) is 29.3 Å². The average Bonchev–Trinajstić information content (AvgIpc) is 4.04. The number of amides is 3. The summed E-state index contributed by atoms with van der Waals surface area (Å²) in [5.41, 5.74) is 8.25. The molecule has 2 aromatic rings. The van der Waals surface area contributed by atoms with Crippen LogP contribution in [0.3, 0.4) is 0 Å². The minimum Gasteiger partial charge on any atom is -0.462 e. The molecule has 0 bridgehead atoms. The van der Waals surface area contributed by atoms with Crippen LogP contribution in [-0.4, -0.2) is 115 Å². The predicted octanol–water partition coefficient (Wildman–Crippen LogP) is 4.15. The number of alkyl carbamates (subject to hydrolysis) is 1. The van der Waals surface area contributed by atoms with Crippen LogP contribution in [0.2, 0.25) is 0 Å². The third-order valence-corrected chi connectivity index (χ3v) is 12.1. The first-order valence-electron chi connectivity index (χ1n) is 19.6. The summed E-state index contributed by atoms with van der Waals surface area (Å²) in [5.74, 6) is -1.26. The largest absolute Gasteiger partial charge is 0.462 e. The number of benzene rings is 1. The number of carbonyl (C=O) groups is 4. The summed E-state index contributed by atoms with van der Waals surface area (Å²) < 4.78 is 30.0. The Bertz CT molecular complexity index is 1730. The Morgan fingerprint density at radius 2 is 1.84 bits per heavy atom. The van der Waals surface area contributed by atoms with Crippen molar-refractivity contribution >= 4 is 46.5 Å². The van der Waals surface area contributed by atoms with E-state index < -0.39 is 65.9 Å². The van der Waals surface area contributed by atoms with Gasteiger partial charge in [-0.05, 0) is 82.9 Å². The highest BCUT2D eigenvalue weighted by Crippen LogP contribution is 2.59. The first kappa shape index (κ1) is 43.5. The molecular weight excluding hydrogens is 739 g/mol. The Morgan fingerprint density at radius 1 is 1.11 bits per heavy atom. The van der Waals surface area contributed by atoms with Crippen molar-refractivity contribution in [3.63, 3.8) is 0 Å². The number of nitrogens with one attached hydrogen (secondary N) is 4. The number of thioether (sulfide) groups is 1. The molecule has 1 aromatic carbocycles. The first-order valence-corrected chi connectivity index (χ1v) is 21.0. The summed E-state index contributed by atoms with van der Waals surface area (Å²) >= 11 is 1.58. The van der Waals surface area contributed by atoms with Crippen LogP contribution < -0.4 is 21.7 Å². The van der Waals surface area contributed by atoms with Crippen LogP contribution in [0.4, 0.5) is 4.79 Å². The van der Waals surface area contributed by atoms with E-state index in [9.17, 15) is 19.2 Å². The molecule has 15 heteroatoms. The monoisotopic (exact) mass is 799 g/mol. The van der Waals surface area contributed by atoms with Crippen LogP contribution in [0.25, 0.3) is 10.9 Å². The predicted molar refractivity (Wildman–Crippen MR) is 215 cm³/mol. The van der Waals surface area contributed by atoms with Crippen molar-refractivity contribution in [2.45, 2.75) is 127 Å². The normalized spacial score (nSPS) is 27.5. The number of nitrogens with two attached hydrogens (primary N) is 1. The fourth-order valence-electron chi connectivity index (χ4n) is 7.85. The van der Waals surface area contributed by atoms with Crippen LogP contribution in [0.5, 0.6) is 0 Å². The quantitative estimate of drug-likeness (QED) is 0.0778. The molecule has 56 heavy (non-hydrogen) atoms. The fourth-order valence-corrected chi connectivity index (χ4v) is 8.34. The summed E-state index contributed by atoms with van der Waals surface area (Å²) in [6.45, 7) is 12.0. The Labute approximate surface area is 334 Å². The molecule has 3 fully saturated rings. The Morgan fingerprint density at radius 3 is 2.50 bits per heavy atom. The smallest absolute Gasteiger partial charge is 0.407 e. The van der Waals surface area contributed by atoms with Crippen LogP contribution >= 0.6 is 11.8 Å². The van der Waals surface area contributed by atoms with Gasteiger partial charge in [-0.2, -0.15) is 11.8 Å². The van der Waals surface area contributed by atoms with Gasteiger partial charge in [0.05, 0.1) is 30.7 Å². The lowest BCUT2D eigenvalue weighted by molar-refractivity contribution is -0.148. The molecule has 3 amide bonds. The lowest BCUT2D eigenvalue weighted by Gasteiger charge is -2.42. The maximum atomic E-state index is 13.6. The van der Waals surface area contributed by atoms with E-state index in [0.29, 0.717) is 25.2 Å². The molecule has 6 N–H and O–H groups in total. The zero-order chi connectivity index (χ0) is 40.8. The van der Waals surface area contributed by atoms with Gasteiger partial charge in [-0.25, -0.2) is 9.59 Å². The summed E-state index contributed by atoms with van der Waals surface area (Å²) in [5, 5.41) is 9.30. The van der Waals surface area contributed by atoms with Crippen LogP contribution in [0, 0.1) is 11.8 Å². The number of allylic oxidation sites excluding steroid dienone is 1. The topological polar surface area (TPSA) is 199 Å². The molecule has 2 saturated heterocycles. The minimum absolute atomic E-state index is 0.0260. The molecule has 1 spiro atoms. The molecule has 1 aromatic heterocycles. The first-order chi connectivity index (χ1) is 26.6. The molecule has 0 unspecified atom stereocenters. The fraction of sp³-hybridized carbons (Fsp3) is 0.659. The summed E-state index contributed by atoms with van der Waals surface area (Å²) in [6.07, 6.45) is 7.01. The number of methoxy groups -OCH3 is 1. The van der Waals surface area contributed by atoms with Crippen molar-refractivity contribution in [3.8, 4) is 0 Å². The molecule has 3 heterocycles. The van der Waals surface area contributed by atoms with Gasteiger partial charge in [0.15, 0.2) is 0 Å². The minimum atomic E-state index is -1.06. The van der Waals surface area contributed by atoms with Gasteiger partial charge in [0.2, 0.25) is 11.8 Å². The van der Waals surface area contributed by atoms with E-state index in [2.05, 4.69) is 47.8 Å².